The summed E-state index contributed by atoms with van der Waals surface area (Å²) in [6.45, 7) is 6.69. The Hall–Kier alpha value is -2.68. The van der Waals surface area contributed by atoms with Crippen LogP contribution in [0.5, 0.6) is 0 Å². The molecule has 4 rings (SSSR count). The van der Waals surface area contributed by atoms with Gasteiger partial charge in [-0.05, 0) is 23.8 Å². The Morgan fingerprint density at radius 1 is 1.03 bits per heavy atom. The van der Waals surface area contributed by atoms with Gasteiger partial charge < -0.3 is 10.6 Å². The van der Waals surface area contributed by atoms with Crippen molar-refractivity contribution in [2.45, 2.75) is 68.8 Å². The first-order valence-electron chi connectivity index (χ1n) is 11.1. The lowest BCUT2D eigenvalue weighted by Crippen LogP contribution is -2.16. The van der Waals surface area contributed by atoms with Crippen molar-refractivity contribution in [3.05, 3.63) is 35.7 Å². The Morgan fingerprint density at radius 3 is 2.34 bits per heavy atom. The van der Waals surface area contributed by atoms with Crippen LogP contribution in [0.3, 0.4) is 0 Å². The number of aromatic nitrogens is 6. The second kappa shape index (κ2) is 9.05. The monoisotopic (exact) mass is 452 g/mol. The van der Waals surface area contributed by atoms with E-state index in [-0.39, 0.29) is 11.4 Å². The predicted molar refractivity (Wildman–Crippen MR) is 130 cm³/mol. The average molecular weight is 453 g/mol. The fourth-order valence-corrected chi connectivity index (χ4v) is 4.86. The molecule has 0 radical (unpaired) electrons. The third-order valence-electron chi connectivity index (χ3n) is 5.78. The Balaban J connectivity index is 1.63. The molecule has 0 amide bonds. The molecule has 0 saturated heterocycles. The molecule has 0 aliphatic heterocycles. The third-order valence-corrected chi connectivity index (χ3v) is 6.72. The molecule has 1 fully saturated rings. The van der Waals surface area contributed by atoms with Gasteiger partial charge in [0.25, 0.3) is 0 Å². The van der Waals surface area contributed by atoms with E-state index >= 15 is 0 Å². The van der Waals surface area contributed by atoms with Gasteiger partial charge in [-0.25, -0.2) is 0 Å². The second-order valence-corrected chi connectivity index (χ2v) is 10.5. The highest BCUT2D eigenvalue weighted by Gasteiger charge is 2.25. The number of benzene rings is 1. The van der Waals surface area contributed by atoms with E-state index in [2.05, 4.69) is 74.8 Å². The molecule has 0 bridgehead atoms. The third kappa shape index (κ3) is 4.87. The summed E-state index contributed by atoms with van der Waals surface area (Å²) in [6, 6.07) is 9.16. The van der Waals surface area contributed by atoms with Crippen LogP contribution in [0.2, 0.25) is 0 Å². The molecule has 0 unspecified atom stereocenters. The van der Waals surface area contributed by atoms with Gasteiger partial charge in [0.2, 0.25) is 11.9 Å². The van der Waals surface area contributed by atoms with Gasteiger partial charge in [-0.3, -0.25) is 4.57 Å². The Labute approximate surface area is 194 Å². The van der Waals surface area contributed by atoms with Crippen molar-refractivity contribution in [1.29, 1.82) is 0 Å². The van der Waals surface area contributed by atoms with Crippen molar-refractivity contribution in [1.82, 2.24) is 29.7 Å². The van der Waals surface area contributed by atoms with E-state index in [0.29, 0.717) is 23.6 Å². The summed E-state index contributed by atoms with van der Waals surface area (Å²) in [5, 5.41) is 10.1. The molecule has 170 valence electrons. The van der Waals surface area contributed by atoms with Crippen molar-refractivity contribution in [3.63, 3.8) is 0 Å². The molecule has 2 heterocycles. The normalized spacial score (nSPS) is 14.8. The number of nitrogen functional groups attached to an aromatic ring is 1. The van der Waals surface area contributed by atoms with Crippen LogP contribution in [0, 0.1) is 0 Å². The zero-order valence-electron chi connectivity index (χ0n) is 19.5. The Kier molecular flexibility index (Phi) is 6.37. The molecule has 32 heavy (non-hydrogen) atoms. The molecule has 1 aliphatic rings. The first-order chi connectivity index (χ1) is 15.2. The number of anilines is 2. The second-order valence-electron chi connectivity index (χ2n) is 9.53. The Morgan fingerprint density at radius 2 is 1.72 bits per heavy atom. The molecule has 3 aromatic rings. The zero-order valence-corrected chi connectivity index (χ0v) is 20.4. The van der Waals surface area contributed by atoms with Crippen molar-refractivity contribution >= 4 is 23.7 Å². The maximum Gasteiger partial charge on any atom is 0.229 e. The first kappa shape index (κ1) is 22.5. The molecular formula is C23H32N8S. The molecule has 1 saturated carbocycles. The van der Waals surface area contributed by atoms with Crippen molar-refractivity contribution < 1.29 is 0 Å². The standard InChI is InChI=1S/C23H32N8S/c1-23(2,3)16-12-10-15(11-13-16)19-28-29-22(31(19)17-8-6-7-9-17)32-14-18-25-20(24)27-21(26-18)30(4)5/h10-13,17H,6-9,14H2,1-5H3,(H2,24,25,26,27). The van der Waals surface area contributed by atoms with E-state index in [4.69, 9.17) is 5.73 Å². The van der Waals surface area contributed by atoms with Gasteiger partial charge in [0.15, 0.2) is 11.0 Å². The van der Waals surface area contributed by atoms with Crippen molar-refractivity contribution in [2.24, 2.45) is 0 Å². The van der Waals surface area contributed by atoms with E-state index in [1.54, 1.807) is 11.8 Å². The lowest BCUT2D eigenvalue weighted by atomic mass is 9.86. The van der Waals surface area contributed by atoms with Crippen LogP contribution in [0.25, 0.3) is 11.4 Å². The van der Waals surface area contributed by atoms with E-state index in [0.717, 1.165) is 29.4 Å². The number of nitrogens with zero attached hydrogens (tertiary/aromatic N) is 7. The molecule has 2 N–H and O–H groups in total. The van der Waals surface area contributed by atoms with Crippen LogP contribution < -0.4 is 10.6 Å². The largest absolute Gasteiger partial charge is 0.368 e. The van der Waals surface area contributed by atoms with Crippen LogP contribution in [0.1, 0.15) is 63.9 Å². The number of nitrogens with two attached hydrogens (primary N) is 1. The highest BCUT2D eigenvalue weighted by Crippen LogP contribution is 2.37. The van der Waals surface area contributed by atoms with E-state index in [1.165, 1.54) is 18.4 Å². The molecule has 0 spiro atoms. The summed E-state index contributed by atoms with van der Waals surface area (Å²) >= 11 is 1.60. The quantitative estimate of drug-likeness (QED) is 0.547. The number of hydrogen-bond acceptors (Lipinski definition) is 8. The van der Waals surface area contributed by atoms with E-state index in [9.17, 15) is 0 Å². The van der Waals surface area contributed by atoms with Gasteiger partial charge in [0.1, 0.15) is 5.82 Å². The first-order valence-corrected chi connectivity index (χ1v) is 12.1. The minimum absolute atomic E-state index is 0.121. The molecule has 1 aromatic carbocycles. The maximum atomic E-state index is 5.89. The minimum atomic E-state index is 0.121. The topological polar surface area (TPSA) is 98.6 Å². The highest BCUT2D eigenvalue weighted by atomic mass is 32.2. The molecule has 9 heteroatoms. The minimum Gasteiger partial charge on any atom is -0.368 e. The van der Waals surface area contributed by atoms with E-state index in [1.807, 2.05) is 19.0 Å². The van der Waals surface area contributed by atoms with Crippen LogP contribution in [0.15, 0.2) is 29.4 Å². The fourth-order valence-electron chi connectivity index (χ4n) is 4.00. The van der Waals surface area contributed by atoms with Crippen molar-refractivity contribution in [2.75, 3.05) is 24.7 Å². The van der Waals surface area contributed by atoms with Crippen LogP contribution >= 0.6 is 11.8 Å². The highest BCUT2D eigenvalue weighted by molar-refractivity contribution is 7.98. The van der Waals surface area contributed by atoms with Gasteiger partial charge in [-0.15, -0.1) is 10.2 Å². The van der Waals surface area contributed by atoms with Crippen LogP contribution in [0.4, 0.5) is 11.9 Å². The summed E-state index contributed by atoms with van der Waals surface area (Å²) in [5.74, 6) is 2.93. The van der Waals surface area contributed by atoms with E-state index < -0.39 is 0 Å². The summed E-state index contributed by atoms with van der Waals surface area (Å²) in [5.41, 5.74) is 8.42. The lowest BCUT2D eigenvalue weighted by Gasteiger charge is -2.20. The lowest BCUT2D eigenvalue weighted by molar-refractivity contribution is 0.485. The van der Waals surface area contributed by atoms with Gasteiger partial charge in [0, 0.05) is 25.7 Å². The van der Waals surface area contributed by atoms with Crippen LogP contribution in [-0.4, -0.2) is 43.8 Å². The van der Waals surface area contributed by atoms with Crippen LogP contribution in [-0.2, 0) is 11.2 Å². The summed E-state index contributed by atoms with van der Waals surface area (Å²) in [6.07, 6.45) is 4.79. The summed E-state index contributed by atoms with van der Waals surface area (Å²) < 4.78 is 2.32. The molecule has 1 aliphatic carbocycles. The molecular weight excluding hydrogens is 420 g/mol. The number of thioether (sulfide) groups is 1. The summed E-state index contributed by atoms with van der Waals surface area (Å²) in [4.78, 5) is 14.8. The zero-order chi connectivity index (χ0) is 22.9. The van der Waals surface area contributed by atoms with Gasteiger partial charge in [-0.1, -0.05) is 69.6 Å². The van der Waals surface area contributed by atoms with Crippen molar-refractivity contribution in [3.8, 4) is 11.4 Å². The fraction of sp³-hybridized carbons (Fsp3) is 0.522. The molecule has 8 nitrogen and oxygen atoms in total. The number of rotatable bonds is 6. The summed E-state index contributed by atoms with van der Waals surface area (Å²) in [7, 11) is 3.78. The van der Waals surface area contributed by atoms with Gasteiger partial charge >= 0.3 is 0 Å². The van der Waals surface area contributed by atoms with Gasteiger partial charge in [-0.2, -0.15) is 15.0 Å². The smallest absolute Gasteiger partial charge is 0.229 e. The average Bonchev–Trinajstić information content (AvgIpc) is 3.41. The maximum absolute atomic E-state index is 5.89. The number of hydrogen-bond donors (Lipinski definition) is 1. The predicted octanol–water partition coefficient (Wildman–Crippen LogP) is 4.48. The Bertz CT molecular complexity index is 1060. The SMILES string of the molecule is CN(C)c1nc(N)nc(CSc2nnc(-c3ccc(C(C)(C)C)cc3)n2C2CCCC2)n1. The molecule has 0 atom stereocenters. The molecule has 2 aromatic heterocycles. The van der Waals surface area contributed by atoms with Gasteiger partial charge in [0.05, 0.1) is 5.75 Å².